The molecule has 0 atom stereocenters. The van der Waals surface area contributed by atoms with Gasteiger partial charge >= 0.3 is 0 Å². The van der Waals surface area contributed by atoms with E-state index in [0.29, 0.717) is 10.7 Å². The lowest BCUT2D eigenvalue weighted by molar-refractivity contribution is 0.474. The molecule has 1 N–H and O–H groups in total. The van der Waals surface area contributed by atoms with Crippen molar-refractivity contribution in [3.05, 3.63) is 63.9 Å². The predicted octanol–water partition coefficient (Wildman–Crippen LogP) is 5.03. The van der Waals surface area contributed by atoms with Crippen LogP contribution in [-0.2, 0) is 0 Å². The molecular weight excluding hydrogens is 348 g/mol. The van der Waals surface area contributed by atoms with Crippen LogP contribution in [-0.4, -0.2) is 16.3 Å². The molecule has 3 rings (SSSR count). The van der Waals surface area contributed by atoms with Crippen molar-refractivity contribution < 1.29 is 5.11 Å². The lowest BCUT2D eigenvalue weighted by atomic mass is 10.2. The molecular formula is C16H11BrN2OS. The topological polar surface area (TPSA) is 45.5 Å². The van der Waals surface area contributed by atoms with Crippen LogP contribution in [0.5, 0.6) is 5.75 Å². The third-order valence-electron chi connectivity index (χ3n) is 2.88. The molecule has 1 aromatic heterocycles. The zero-order valence-corrected chi connectivity index (χ0v) is 13.3. The molecule has 3 nitrogen and oxygen atoms in total. The summed E-state index contributed by atoms with van der Waals surface area (Å²) in [5.74, 6) is 0.214. The van der Waals surface area contributed by atoms with E-state index in [-0.39, 0.29) is 5.75 Å². The van der Waals surface area contributed by atoms with Gasteiger partial charge in [0, 0.05) is 27.2 Å². The van der Waals surface area contributed by atoms with Crippen molar-refractivity contribution in [3.8, 4) is 17.0 Å². The Balaban J connectivity index is 1.82. The second-order valence-electron chi connectivity index (χ2n) is 4.34. The van der Waals surface area contributed by atoms with Crippen molar-refractivity contribution in [2.24, 2.45) is 4.99 Å². The van der Waals surface area contributed by atoms with Crippen LogP contribution in [0.4, 0.5) is 5.13 Å². The van der Waals surface area contributed by atoms with Gasteiger partial charge < -0.3 is 5.11 Å². The van der Waals surface area contributed by atoms with Gasteiger partial charge in [-0.05, 0) is 24.3 Å². The summed E-state index contributed by atoms with van der Waals surface area (Å²) in [6.07, 6.45) is 1.62. The van der Waals surface area contributed by atoms with E-state index in [1.54, 1.807) is 18.3 Å². The second kappa shape index (κ2) is 6.20. The molecule has 0 aliphatic heterocycles. The number of aliphatic imine (C=N–C) groups is 1. The summed E-state index contributed by atoms with van der Waals surface area (Å²) in [5.41, 5.74) is 2.63. The van der Waals surface area contributed by atoms with Gasteiger partial charge in [-0.1, -0.05) is 40.2 Å². The minimum atomic E-state index is 0.214. The molecule has 0 unspecified atom stereocenters. The normalized spacial score (nSPS) is 11.1. The molecule has 5 heteroatoms. The predicted molar refractivity (Wildman–Crippen MR) is 90.6 cm³/mol. The van der Waals surface area contributed by atoms with Crippen molar-refractivity contribution >= 4 is 38.6 Å². The lowest BCUT2D eigenvalue weighted by Gasteiger charge is -1.96. The molecule has 0 saturated carbocycles. The maximum atomic E-state index is 9.69. The van der Waals surface area contributed by atoms with Crippen molar-refractivity contribution in [2.75, 3.05) is 0 Å². The molecule has 0 fully saturated rings. The summed E-state index contributed by atoms with van der Waals surface area (Å²) in [6, 6.07) is 15.1. The first kappa shape index (κ1) is 14.0. The van der Waals surface area contributed by atoms with Crippen LogP contribution in [0.25, 0.3) is 11.3 Å². The molecule has 0 saturated heterocycles. The standard InChI is InChI=1S/C16H11BrN2OS/c17-13-7-5-11(6-8-13)14-10-21-16(19-14)18-9-12-3-1-2-4-15(12)20/h1-10,20H/b18-9+. The van der Waals surface area contributed by atoms with Crippen molar-refractivity contribution in [1.82, 2.24) is 4.98 Å². The Bertz CT molecular complexity index is 781. The molecule has 0 aliphatic carbocycles. The zero-order chi connectivity index (χ0) is 14.7. The smallest absolute Gasteiger partial charge is 0.209 e. The van der Waals surface area contributed by atoms with E-state index in [9.17, 15) is 5.11 Å². The Hall–Kier alpha value is -1.98. The molecule has 0 radical (unpaired) electrons. The van der Waals surface area contributed by atoms with E-state index in [0.717, 1.165) is 15.7 Å². The van der Waals surface area contributed by atoms with Crippen LogP contribution in [0.15, 0.2) is 63.4 Å². The molecule has 21 heavy (non-hydrogen) atoms. The minimum absolute atomic E-state index is 0.214. The Morgan fingerprint density at radius 1 is 1.10 bits per heavy atom. The Labute approximate surface area is 134 Å². The first-order valence-electron chi connectivity index (χ1n) is 6.26. The van der Waals surface area contributed by atoms with E-state index < -0.39 is 0 Å². The molecule has 3 aromatic rings. The summed E-state index contributed by atoms with van der Waals surface area (Å²) >= 11 is 4.89. The fraction of sp³-hybridized carbons (Fsp3) is 0. The van der Waals surface area contributed by atoms with Gasteiger partial charge in [0.2, 0.25) is 5.13 Å². The molecule has 1 heterocycles. The maximum absolute atomic E-state index is 9.69. The highest BCUT2D eigenvalue weighted by Crippen LogP contribution is 2.27. The molecule has 0 bridgehead atoms. The average molecular weight is 359 g/mol. The highest BCUT2D eigenvalue weighted by Gasteiger charge is 2.03. The summed E-state index contributed by atoms with van der Waals surface area (Å²) in [6.45, 7) is 0. The summed E-state index contributed by atoms with van der Waals surface area (Å²) < 4.78 is 1.04. The van der Waals surface area contributed by atoms with E-state index in [1.807, 2.05) is 41.8 Å². The fourth-order valence-corrected chi connectivity index (χ4v) is 2.73. The van der Waals surface area contributed by atoms with Crippen molar-refractivity contribution in [3.63, 3.8) is 0 Å². The van der Waals surface area contributed by atoms with E-state index in [2.05, 4.69) is 25.9 Å². The quantitative estimate of drug-likeness (QED) is 0.667. The van der Waals surface area contributed by atoms with Gasteiger partial charge in [-0.15, -0.1) is 11.3 Å². The third kappa shape index (κ3) is 3.37. The summed E-state index contributed by atoms with van der Waals surface area (Å²) in [5, 5.41) is 12.3. The first-order valence-corrected chi connectivity index (χ1v) is 7.93. The molecule has 0 aliphatic rings. The SMILES string of the molecule is Oc1ccccc1/C=N/c1nc(-c2ccc(Br)cc2)cs1. The zero-order valence-electron chi connectivity index (χ0n) is 10.9. The van der Waals surface area contributed by atoms with Gasteiger partial charge in [0.25, 0.3) is 0 Å². The number of benzene rings is 2. The number of hydrogen-bond donors (Lipinski definition) is 1. The van der Waals surface area contributed by atoms with Crippen LogP contribution in [0.1, 0.15) is 5.56 Å². The van der Waals surface area contributed by atoms with Gasteiger partial charge in [-0.25, -0.2) is 9.98 Å². The second-order valence-corrected chi connectivity index (χ2v) is 6.09. The fourth-order valence-electron chi connectivity index (χ4n) is 1.80. The van der Waals surface area contributed by atoms with Gasteiger partial charge in [-0.2, -0.15) is 0 Å². The highest BCUT2D eigenvalue weighted by molar-refractivity contribution is 9.10. The third-order valence-corrected chi connectivity index (χ3v) is 4.16. The van der Waals surface area contributed by atoms with Crippen molar-refractivity contribution in [1.29, 1.82) is 0 Å². The Morgan fingerprint density at radius 2 is 1.86 bits per heavy atom. The number of phenols is 1. The molecule has 0 spiro atoms. The lowest BCUT2D eigenvalue weighted by Crippen LogP contribution is -1.80. The maximum Gasteiger partial charge on any atom is 0.209 e. The van der Waals surface area contributed by atoms with Crippen LogP contribution in [0, 0.1) is 0 Å². The number of aromatic hydroxyl groups is 1. The molecule has 2 aromatic carbocycles. The number of hydrogen-bond acceptors (Lipinski definition) is 4. The average Bonchev–Trinajstić information content (AvgIpc) is 2.96. The number of rotatable bonds is 3. The Kier molecular flexibility index (Phi) is 4.13. The monoisotopic (exact) mass is 358 g/mol. The van der Waals surface area contributed by atoms with Crippen molar-refractivity contribution in [2.45, 2.75) is 0 Å². The molecule has 0 amide bonds. The van der Waals surface area contributed by atoms with E-state index in [4.69, 9.17) is 0 Å². The van der Waals surface area contributed by atoms with Gasteiger partial charge in [-0.3, -0.25) is 0 Å². The molecule has 104 valence electrons. The van der Waals surface area contributed by atoms with Gasteiger partial charge in [0.05, 0.1) is 5.69 Å². The Morgan fingerprint density at radius 3 is 2.62 bits per heavy atom. The largest absolute Gasteiger partial charge is 0.507 e. The summed E-state index contributed by atoms with van der Waals surface area (Å²) in [7, 11) is 0. The van der Waals surface area contributed by atoms with Gasteiger partial charge in [0.1, 0.15) is 5.75 Å². The number of para-hydroxylation sites is 1. The summed E-state index contributed by atoms with van der Waals surface area (Å²) in [4.78, 5) is 8.79. The highest BCUT2D eigenvalue weighted by atomic mass is 79.9. The number of aromatic nitrogens is 1. The van der Waals surface area contributed by atoms with Gasteiger partial charge in [0.15, 0.2) is 0 Å². The minimum Gasteiger partial charge on any atom is -0.507 e. The van der Waals surface area contributed by atoms with Crippen LogP contribution in [0.2, 0.25) is 0 Å². The number of thiazole rings is 1. The number of phenolic OH excluding ortho intramolecular Hbond substituents is 1. The number of nitrogens with zero attached hydrogens (tertiary/aromatic N) is 2. The first-order chi connectivity index (χ1) is 10.2. The van der Waals surface area contributed by atoms with E-state index in [1.165, 1.54) is 11.3 Å². The van der Waals surface area contributed by atoms with Crippen LogP contribution < -0.4 is 0 Å². The number of halogens is 1. The van der Waals surface area contributed by atoms with Crippen LogP contribution >= 0.6 is 27.3 Å². The van der Waals surface area contributed by atoms with Crippen LogP contribution in [0.3, 0.4) is 0 Å². The van der Waals surface area contributed by atoms with E-state index >= 15 is 0 Å².